The van der Waals surface area contributed by atoms with Gasteiger partial charge < -0.3 is 5.32 Å². The standard InChI is InChI=1S/C17H26N2/c1-4-12-19(13-5-1)14-16-7-3-2-6-15(16)10-11-18-17-8-9-17/h2-3,6-7,17-18H,1,4-5,8-14H2. The summed E-state index contributed by atoms with van der Waals surface area (Å²) in [5, 5.41) is 3.62. The first kappa shape index (κ1) is 13.1. The van der Waals surface area contributed by atoms with Gasteiger partial charge in [0.2, 0.25) is 0 Å². The van der Waals surface area contributed by atoms with Crippen LogP contribution in [0.5, 0.6) is 0 Å². The van der Waals surface area contributed by atoms with Gasteiger partial charge in [-0.25, -0.2) is 0 Å². The molecular formula is C17H26N2. The smallest absolute Gasteiger partial charge is 0.0236 e. The minimum Gasteiger partial charge on any atom is -0.314 e. The van der Waals surface area contributed by atoms with Crippen LogP contribution in [0, 0.1) is 0 Å². The molecule has 1 saturated heterocycles. The van der Waals surface area contributed by atoms with Crippen LogP contribution in [-0.2, 0) is 13.0 Å². The van der Waals surface area contributed by atoms with E-state index in [0.717, 1.165) is 19.1 Å². The molecule has 1 saturated carbocycles. The molecule has 0 unspecified atom stereocenters. The molecule has 1 aliphatic carbocycles. The van der Waals surface area contributed by atoms with E-state index in [1.807, 2.05) is 0 Å². The predicted octanol–water partition coefficient (Wildman–Crippen LogP) is 2.97. The highest BCUT2D eigenvalue weighted by Gasteiger charge is 2.19. The minimum absolute atomic E-state index is 0.828. The van der Waals surface area contributed by atoms with Gasteiger partial charge in [-0.2, -0.15) is 0 Å². The van der Waals surface area contributed by atoms with Crippen LogP contribution in [0.1, 0.15) is 43.2 Å². The average Bonchev–Trinajstić information content (AvgIpc) is 3.26. The minimum atomic E-state index is 0.828. The Morgan fingerprint density at radius 3 is 2.47 bits per heavy atom. The van der Waals surface area contributed by atoms with Crippen LogP contribution in [-0.4, -0.2) is 30.6 Å². The fourth-order valence-corrected chi connectivity index (χ4v) is 3.01. The normalized spacial score (nSPS) is 20.6. The Kier molecular flexibility index (Phi) is 4.52. The summed E-state index contributed by atoms with van der Waals surface area (Å²) < 4.78 is 0. The molecule has 0 radical (unpaired) electrons. The van der Waals surface area contributed by atoms with Crippen LogP contribution in [0.2, 0.25) is 0 Å². The first-order valence-electron chi connectivity index (χ1n) is 7.94. The fourth-order valence-electron chi connectivity index (χ4n) is 3.01. The van der Waals surface area contributed by atoms with Crippen molar-refractivity contribution in [3.8, 4) is 0 Å². The molecule has 2 fully saturated rings. The van der Waals surface area contributed by atoms with Gasteiger partial charge in [-0.15, -0.1) is 0 Å². The van der Waals surface area contributed by atoms with Gasteiger partial charge in [-0.3, -0.25) is 4.90 Å². The maximum absolute atomic E-state index is 3.62. The topological polar surface area (TPSA) is 15.3 Å². The van der Waals surface area contributed by atoms with Crippen molar-refractivity contribution in [1.29, 1.82) is 0 Å². The zero-order valence-corrected chi connectivity index (χ0v) is 11.9. The molecule has 19 heavy (non-hydrogen) atoms. The van der Waals surface area contributed by atoms with Crippen molar-refractivity contribution in [1.82, 2.24) is 10.2 Å². The lowest BCUT2D eigenvalue weighted by Crippen LogP contribution is -2.29. The van der Waals surface area contributed by atoms with Gasteiger partial charge in [-0.1, -0.05) is 30.7 Å². The van der Waals surface area contributed by atoms with Gasteiger partial charge in [0.25, 0.3) is 0 Å². The SMILES string of the molecule is c1ccc(CN2CCCCC2)c(CCNC2CC2)c1. The number of nitrogens with one attached hydrogen (secondary N) is 1. The van der Waals surface area contributed by atoms with Crippen LogP contribution in [0.4, 0.5) is 0 Å². The number of likely N-dealkylation sites (tertiary alicyclic amines) is 1. The Bertz CT molecular complexity index is 392. The molecule has 0 atom stereocenters. The van der Waals surface area contributed by atoms with Crippen LogP contribution in [0.15, 0.2) is 24.3 Å². The number of hydrogen-bond acceptors (Lipinski definition) is 2. The van der Waals surface area contributed by atoms with Gasteiger partial charge in [-0.05, 0) is 62.9 Å². The summed E-state index contributed by atoms with van der Waals surface area (Å²) in [5.74, 6) is 0. The second kappa shape index (κ2) is 6.53. The maximum Gasteiger partial charge on any atom is 0.0236 e. The Morgan fingerprint density at radius 2 is 1.74 bits per heavy atom. The van der Waals surface area contributed by atoms with Crippen molar-refractivity contribution in [3.05, 3.63) is 35.4 Å². The third-order valence-electron chi connectivity index (χ3n) is 4.37. The van der Waals surface area contributed by atoms with Crippen molar-refractivity contribution < 1.29 is 0 Å². The molecule has 2 nitrogen and oxygen atoms in total. The predicted molar refractivity (Wildman–Crippen MR) is 80.3 cm³/mol. The quantitative estimate of drug-likeness (QED) is 0.844. The van der Waals surface area contributed by atoms with E-state index in [9.17, 15) is 0 Å². The molecular weight excluding hydrogens is 232 g/mol. The molecule has 104 valence electrons. The molecule has 0 spiro atoms. The monoisotopic (exact) mass is 258 g/mol. The van der Waals surface area contributed by atoms with E-state index >= 15 is 0 Å². The van der Waals surface area contributed by atoms with Gasteiger partial charge >= 0.3 is 0 Å². The third kappa shape index (κ3) is 4.05. The highest BCUT2D eigenvalue weighted by Crippen LogP contribution is 2.19. The molecule has 0 amide bonds. The summed E-state index contributed by atoms with van der Waals surface area (Å²) >= 11 is 0. The highest BCUT2D eigenvalue weighted by molar-refractivity contribution is 5.27. The van der Waals surface area contributed by atoms with Crippen molar-refractivity contribution >= 4 is 0 Å². The second-order valence-corrected chi connectivity index (χ2v) is 6.08. The van der Waals surface area contributed by atoms with Gasteiger partial charge in [0.05, 0.1) is 0 Å². The first-order valence-corrected chi connectivity index (χ1v) is 7.94. The molecule has 1 aliphatic heterocycles. The second-order valence-electron chi connectivity index (χ2n) is 6.08. The molecule has 3 rings (SSSR count). The van der Waals surface area contributed by atoms with Crippen LogP contribution < -0.4 is 5.32 Å². The van der Waals surface area contributed by atoms with Crippen LogP contribution in [0.25, 0.3) is 0 Å². The van der Waals surface area contributed by atoms with E-state index in [1.165, 1.54) is 51.6 Å². The van der Waals surface area contributed by atoms with Crippen LogP contribution in [0.3, 0.4) is 0 Å². The van der Waals surface area contributed by atoms with Crippen molar-refractivity contribution in [2.45, 2.75) is 51.1 Å². The van der Waals surface area contributed by atoms with E-state index in [-0.39, 0.29) is 0 Å². The average molecular weight is 258 g/mol. The molecule has 2 aliphatic rings. The Labute approximate surface area is 117 Å². The van der Waals surface area contributed by atoms with E-state index in [1.54, 1.807) is 11.1 Å². The summed E-state index contributed by atoms with van der Waals surface area (Å²) in [6.45, 7) is 4.87. The summed E-state index contributed by atoms with van der Waals surface area (Å²) in [7, 11) is 0. The lowest BCUT2D eigenvalue weighted by Gasteiger charge is -2.27. The van der Waals surface area contributed by atoms with Crippen molar-refractivity contribution in [3.63, 3.8) is 0 Å². The van der Waals surface area contributed by atoms with Crippen molar-refractivity contribution in [2.75, 3.05) is 19.6 Å². The summed E-state index contributed by atoms with van der Waals surface area (Å²) in [6, 6.07) is 9.84. The van der Waals surface area contributed by atoms with Gasteiger partial charge in [0, 0.05) is 12.6 Å². The largest absolute Gasteiger partial charge is 0.314 e. The number of hydrogen-bond donors (Lipinski definition) is 1. The number of benzene rings is 1. The third-order valence-corrected chi connectivity index (χ3v) is 4.37. The zero-order valence-electron chi connectivity index (χ0n) is 11.9. The lowest BCUT2D eigenvalue weighted by atomic mass is 10.0. The Balaban J connectivity index is 1.55. The number of rotatable bonds is 6. The van der Waals surface area contributed by atoms with Gasteiger partial charge in [0.1, 0.15) is 0 Å². The fraction of sp³-hybridized carbons (Fsp3) is 0.647. The molecule has 1 aromatic carbocycles. The summed E-state index contributed by atoms with van der Waals surface area (Å²) in [5.41, 5.74) is 3.09. The maximum atomic E-state index is 3.62. The van der Waals surface area contributed by atoms with E-state index in [4.69, 9.17) is 0 Å². The molecule has 1 aromatic rings. The molecule has 1 heterocycles. The summed E-state index contributed by atoms with van der Waals surface area (Å²) in [4.78, 5) is 2.62. The molecule has 1 N–H and O–H groups in total. The zero-order chi connectivity index (χ0) is 12.9. The van der Waals surface area contributed by atoms with Gasteiger partial charge in [0.15, 0.2) is 0 Å². The molecule has 2 heteroatoms. The highest BCUT2D eigenvalue weighted by atomic mass is 15.1. The first-order chi connectivity index (χ1) is 9.42. The molecule has 0 bridgehead atoms. The molecule has 0 aromatic heterocycles. The Hall–Kier alpha value is -0.860. The number of piperidine rings is 1. The van der Waals surface area contributed by atoms with E-state index < -0.39 is 0 Å². The van der Waals surface area contributed by atoms with Crippen LogP contribution >= 0.6 is 0 Å². The number of nitrogens with zero attached hydrogens (tertiary/aromatic N) is 1. The van der Waals surface area contributed by atoms with E-state index in [0.29, 0.717) is 0 Å². The Morgan fingerprint density at radius 1 is 1.00 bits per heavy atom. The van der Waals surface area contributed by atoms with Crippen molar-refractivity contribution in [2.24, 2.45) is 0 Å². The lowest BCUT2D eigenvalue weighted by molar-refractivity contribution is 0.220. The summed E-state index contributed by atoms with van der Waals surface area (Å²) in [6.07, 6.45) is 8.13. The van der Waals surface area contributed by atoms with E-state index in [2.05, 4.69) is 34.5 Å².